The van der Waals surface area contributed by atoms with Gasteiger partial charge in [0.1, 0.15) is 11.5 Å². The van der Waals surface area contributed by atoms with Gasteiger partial charge in [-0.2, -0.15) is 5.10 Å². The van der Waals surface area contributed by atoms with Gasteiger partial charge in [-0.05, 0) is 42.5 Å². The Morgan fingerprint density at radius 1 is 1.23 bits per heavy atom. The number of hydrazone groups is 1. The van der Waals surface area contributed by atoms with Crippen molar-refractivity contribution in [1.29, 1.82) is 0 Å². The molecule has 0 amide bonds. The average molecular weight is 315 g/mol. The van der Waals surface area contributed by atoms with Crippen molar-refractivity contribution in [2.45, 2.75) is 0 Å². The van der Waals surface area contributed by atoms with Crippen molar-refractivity contribution < 1.29 is 9.47 Å². The summed E-state index contributed by atoms with van der Waals surface area (Å²) in [6, 6.07) is 13.6. The molecule has 22 heavy (non-hydrogen) atoms. The summed E-state index contributed by atoms with van der Waals surface area (Å²) in [5.74, 6) is 1.96. The molecule has 2 aliphatic rings. The first-order valence-electron chi connectivity index (χ1n) is 7.17. The van der Waals surface area contributed by atoms with Crippen molar-refractivity contribution in [3.05, 3.63) is 53.1 Å². The Balaban J connectivity index is 1.72. The molecule has 2 heterocycles. The number of hydrogen-bond acceptors (Lipinski definition) is 4. The number of rotatable bonds is 2. The predicted molar refractivity (Wildman–Crippen MR) is 87.3 cm³/mol. The molecule has 0 bridgehead atoms. The van der Waals surface area contributed by atoms with Crippen molar-refractivity contribution in [2.75, 3.05) is 25.3 Å². The van der Waals surface area contributed by atoms with Crippen molar-refractivity contribution in [2.24, 2.45) is 11.0 Å². The highest BCUT2D eigenvalue weighted by Gasteiger charge is 2.34. The number of methoxy groups -OCH3 is 1. The first-order chi connectivity index (χ1) is 10.7. The maximum Gasteiger partial charge on any atom is 0.128 e. The summed E-state index contributed by atoms with van der Waals surface area (Å²) in [5, 5.41) is 7.53. The number of fused-ring (bicyclic) bond motifs is 3. The van der Waals surface area contributed by atoms with Crippen LogP contribution in [0.3, 0.4) is 0 Å². The highest BCUT2D eigenvalue weighted by Crippen LogP contribution is 2.35. The molecule has 0 fully saturated rings. The number of halogens is 1. The number of ether oxygens (including phenoxy) is 2. The van der Waals surface area contributed by atoms with Crippen LogP contribution in [-0.4, -0.2) is 26.0 Å². The standard InChI is InChI=1S/C17H15ClN2O2/c1-21-14-6-7-16-15(8-14)17-11(10-22-16)9-20(19-17)13-4-2-12(18)3-5-13/h2-8,11H,9-10H2,1H3. The van der Waals surface area contributed by atoms with Crippen LogP contribution in [0, 0.1) is 5.92 Å². The Morgan fingerprint density at radius 3 is 2.82 bits per heavy atom. The zero-order valence-corrected chi connectivity index (χ0v) is 12.9. The van der Waals surface area contributed by atoms with E-state index in [9.17, 15) is 0 Å². The minimum Gasteiger partial charge on any atom is -0.497 e. The molecule has 0 aliphatic carbocycles. The van der Waals surface area contributed by atoms with E-state index in [1.165, 1.54) is 0 Å². The molecule has 1 unspecified atom stereocenters. The number of anilines is 1. The van der Waals surface area contributed by atoms with Crippen LogP contribution in [0.2, 0.25) is 5.02 Å². The SMILES string of the molecule is COc1ccc2c(c1)C1=NN(c3ccc(Cl)cc3)CC1CO2. The molecule has 0 saturated carbocycles. The first-order valence-corrected chi connectivity index (χ1v) is 7.55. The highest BCUT2D eigenvalue weighted by molar-refractivity contribution is 6.30. The normalized spacial score (nSPS) is 19.1. The topological polar surface area (TPSA) is 34.1 Å². The van der Waals surface area contributed by atoms with Crippen LogP contribution in [0.25, 0.3) is 0 Å². The van der Waals surface area contributed by atoms with Gasteiger partial charge in [-0.3, -0.25) is 5.01 Å². The van der Waals surface area contributed by atoms with Gasteiger partial charge in [0, 0.05) is 10.6 Å². The van der Waals surface area contributed by atoms with Gasteiger partial charge < -0.3 is 9.47 Å². The summed E-state index contributed by atoms with van der Waals surface area (Å²) < 4.78 is 11.2. The fourth-order valence-electron chi connectivity index (χ4n) is 2.88. The molecule has 2 aromatic rings. The lowest BCUT2D eigenvalue weighted by Crippen LogP contribution is -2.29. The summed E-state index contributed by atoms with van der Waals surface area (Å²) in [6.07, 6.45) is 0. The van der Waals surface area contributed by atoms with E-state index in [4.69, 9.17) is 26.2 Å². The Morgan fingerprint density at radius 2 is 2.05 bits per heavy atom. The molecule has 4 nitrogen and oxygen atoms in total. The molecular weight excluding hydrogens is 300 g/mol. The van der Waals surface area contributed by atoms with Gasteiger partial charge in [0.15, 0.2) is 0 Å². The summed E-state index contributed by atoms with van der Waals surface area (Å²) in [7, 11) is 1.67. The highest BCUT2D eigenvalue weighted by atomic mass is 35.5. The Kier molecular flexibility index (Phi) is 3.19. The van der Waals surface area contributed by atoms with Crippen LogP contribution in [-0.2, 0) is 0 Å². The predicted octanol–water partition coefficient (Wildman–Crippen LogP) is 3.58. The Bertz CT molecular complexity index is 743. The molecule has 5 heteroatoms. The van der Waals surface area contributed by atoms with Gasteiger partial charge in [0.05, 0.1) is 37.6 Å². The third kappa shape index (κ3) is 2.20. The van der Waals surface area contributed by atoms with Crippen molar-refractivity contribution in [3.8, 4) is 11.5 Å². The van der Waals surface area contributed by atoms with Crippen molar-refractivity contribution >= 4 is 23.0 Å². The monoisotopic (exact) mass is 314 g/mol. The Labute approximate surface area is 133 Å². The largest absolute Gasteiger partial charge is 0.497 e. The molecule has 2 aromatic carbocycles. The molecule has 0 spiro atoms. The maximum absolute atomic E-state index is 5.95. The van der Waals surface area contributed by atoms with Gasteiger partial charge in [-0.1, -0.05) is 11.6 Å². The van der Waals surface area contributed by atoms with E-state index in [0.29, 0.717) is 6.61 Å². The van der Waals surface area contributed by atoms with E-state index in [1.54, 1.807) is 7.11 Å². The van der Waals surface area contributed by atoms with E-state index < -0.39 is 0 Å². The molecule has 112 valence electrons. The van der Waals surface area contributed by atoms with Crippen LogP contribution in [0.15, 0.2) is 47.6 Å². The van der Waals surface area contributed by atoms with Crippen LogP contribution >= 0.6 is 11.6 Å². The minimum absolute atomic E-state index is 0.273. The second-order valence-corrected chi connectivity index (χ2v) is 5.85. The fourth-order valence-corrected chi connectivity index (χ4v) is 3.01. The average Bonchev–Trinajstić information content (AvgIpc) is 2.99. The third-order valence-corrected chi connectivity index (χ3v) is 4.29. The van der Waals surface area contributed by atoms with Gasteiger partial charge in [0.25, 0.3) is 0 Å². The minimum atomic E-state index is 0.273. The van der Waals surface area contributed by atoms with Crippen LogP contribution in [0.1, 0.15) is 5.56 Å². The lowest BCUT2D eigenvalue weighted by atomic mass is 9.95. The molecule has 0 radical (unpaired) electrons. The van der Waals surface area contributed by atoms with Crippen molar-refractivity contribution in [1.82, 2.24) is 0 Å². The van der Waals surface area contributed by atoms with Gasteiger partial charge >= 0.3 is 0 Å². The fraction of sp³-hybridized carbons (Fsp3) is 0.235. The number of benzene rings is 2. The molecular formula is C17H15ClN2O2. The second-order valence-electron chi connectivity index (χ2n) is 5.41. The second kappa shape index (κ2) is 5.21. The zero-order valence-electron chi connectivity index (χ0n) is 12.1. The first kappa shape index (κ1) is 13.5. The lowest BCUT2D eigenvalue weighted by molar-refractivity contribution is 0.279. The summed E-state index contributed by atoms with van der Waals surface area (Å²) >= 11 is 5.95. The van der Waals surface area contributed by atoms with Crippen LogP contribution < -0.4 is 14.5 Å². The molecule has 4 rings (SSSR count). The molecule has 0 saturated heterocycles. The van der Waals surface area contributed by atoms with Crippen LogP contribution in [0.4, 0.5) is 5.69 Å². The lowest BCUT2D eigenvalue weighted by Gasteiger charge is -2.23. The zero-order chi connectivity index (χ0) is 15.1. The summed E-state index contributed by atoms with van der Waals surface area (Å²) in [5.41, 5.74) is 3.12. The molecule has 0 aromatic heterocycles. The van der Waals surface area contributed by atoms with Gasteiger partial charge in [-0.25, -0.2) is 0 Å². The summed E-state index contributed by atoms with van der Waals surface area (Å²) in [4.78, 5) is 0. The number of hydrogen-bond donors (Lipinski definition) is 0. The van der Waals surface area contributed by atoms with E-state index in [1.807, 2.05) is 47.5 Å². The number of nitrogens with zero attached hydrogens (tertiary/aromatic N) is 2. The van der Waals surface area contributed by atoms with Crippen LogP contribution in [0.5, 0.6) is 11.5 Å². The van der Waals surface area contributed by atoms with Gasteiger partial charge in [0.2, 0.25) is 0 Å². The van der Waals surface area contributed by atoms with Gasteiger partial charge in [-0.15, -0.1) is 0 Å². The van der Waals surface area contributed by atoms with E-state index in [-0.39, 0.29) is 5.92 Å². The van der Waals surface area contributed by atoms with E-state index in [2.05, 4.69) is 0 Å². The molecule has 0 N–H and O–H groups in total. The van der Waals surface area contributed by atoms with Crippen molar-refractivity contribution in [3.63, 3.8) is 0 Å². The Hall–Kier alpha value is -2.20. The third-order valence-electron chi connectivity index (χ3n) is 4.04. The van der Waals surface area contributed by atoms with E-state index >= 15 is 0 Å². The van der Waals surface area contributed by atoms with E-state index in [0.717, 1.165) is 40.0 Å². The molecule has 1 atom stereocenters. The summed E-state index contributed by atoms with van der Waals surface area (Å²) in [6.45, 7) is 1.47. The maximum atomic E-state index is 5.95. The smallest absolute Gasteiger partial charge is 0.128 e. The molecule has 2 aliphatic heterocycles. The quantitative estimate of drug-likeness (QED) is 0.849.